The summed E-state index contributed by atoms with van der Waals surface area (Å²) in [5.41, 5.74) is 6.77. The number of aromatic nitrogens is 1. The number of nitrogens with two attached hydrogens (primary N) is 1. The van der Waals surface area contributed by atoms with Crippen molar-refractivity contribution in [3.8, 4) is 0 Å². The van der Waals surface area contributed by atoms with Gasteiger partial charge in [-0.1, -0.05) is 0 Å². The second-order valence-electron chi connectivity index (χ2n) is 4.42. The van der Waals surface area contributed by atoms with E-state index < -0.39 is 5.60 Å². The van der Waals surface area contributed by atoms with Crippen LogP contribution in [0.2, 0.25) is 0 Å². The number of hydrogen-bond acceptors (Lipinski definition) is 4. The van der Waals surface area contributed by atoms with Crippen LogP contribution in [0.25, 0.3) is 0 Å². The number of hydrogen-bond donors (Lipinski definition) is 2. The molecule has 4 nitrogen and oxygen atoms in total. The molecular formula is C11H19N3O. The minimum absolute atomic E-state index is 0.643. The smallest absolute Gasteiger partial charge is 0.0738 e. The Morgan fingerprint density at radius 2 is 2.20 bits per heavy atom. The molecule has 1 aromatic heterocycles. The maximum atomic E-state index is 9.61. The second kappa shape index (κ2) is 4.49. The van der Waals surface area contributed by atoms with Crippen molar-refractivity contribution in [2.75, 3.05) is 24.2 Å². The first kappa shape index (κ1) is 11.8. The fourth-order valence-corrected chi connectivity index (χ4v) is 1.31. The molecule has 84 valence electrons. The van der Waals surface area contributed by atoms with Crippen molar-refractivity contribution in [2.45, 2.75) is 25.9 Å². The maximum absolute atomic E-state index is 9.61. The summed E-state index contributed by atoms with van der Waals surface area (Å²) in [6, 6.07) is 1.87. The molecule has 1 aromatic rings. The predicted octanol–water partition coefficient (Wildman–Crippen LogP) is 1.26. The van der Waals surface area contributed by atoms with Crippen LogP contribution >= 0.6 is 0 Å². The van der Waals surface area contributed by atoms with Crippen LogP contribution in [0, 0.1) is 0 Å². The lowest BCUT2D eigenvalue weighted by molar-refractivity contribution is 0.0734. The Bertz CT molecular complexity index is 320. The molecule has 0 unspecified atom stereocenters. The molecule has 0 aliphatic rings. The summed E-state index contributed by atoms with van der Waals surface area (Å²) in [6.07, 6.45) is 4.05. The topological polar surface area (TPSA) is 62.4 Å². The van der Waals surface area contributed by atoms with E-state index in [9.17, 15) is 5.11 Å². The maximum Gasteiger partial charge on any atom is 0.0738 e. The van der Waals surface area contributed by atoms with Crippen molar-refractivity contribution in [1.29, 1.82) is 0 Å². The average Bonchev–Trinajstić information content (AvgIpc) is 2.14. The van der Waals surface area contributed by atoms with Gasteiger partial charge in [0.15, 0.2) is 0 Å². The van der Waals surface area contributed by atoms with E-state index >= 15 is 0 Å². The molecule has 0 radical (unpaired) electrons. The third-order valence-electron chi connectivity index (χ3n) is 2.30. The van der Waals surface area contributed by atoms with Crippen LogP contribution in [0.15, 0.2) is 18.5 Å². The van der Waals surface area contributed by atoms with E-state index in [0.717, 1.165) is 12.2 Å². The summed E-state index contributed by atoms with van der Waals surface area (Å²) in [6.45, 7) is 4.37. The first-order valence-corrected chi connectivity index (χ1v) is 5.03. The van der Waals surface area contributed by atoms with Crippen LogP contribution in [0.5, 0.6) is 0 Å². The Morgan fingerprint density at radius 1 is 1.53 bits per heavy atom. The van der Waals surface area contributed by atoms with E-state index in [1.807, 2.05) is 18.0 Å². The van der Waals surface area contributed by atoms with Gasteiger partial charge >= 0.3 is 0 Å². The number of nitrogens with zero attached hydrogens (tertiary/aromatic N) is 2. The molecule has 0 fully saturated rings. The minimum Gasteiger partial charge on any atom is -0.396 e. The quantitative estimate of drug-likeness (QED) is 0.783. The molecule has 0 saturated carbocycles. The van der Waals surface area contributed by atoms with Crippen molar-refractivity contribution >= 4 is 11.4 Å². The van der Waals surface area contributed by atoms with Crippen LogP contribution in [-0.2, 0) is 0 Å². The number of aliphatic hydroxyl groups is 1. The number of anilines is 2. The molecular weight excluding hydrogens is 190 g/mol. The number of pyridine rings is 1. The van der Waals surface area contributed by atoms with Crippen molar-refractivity contribution in [1.82, 2.24) is 4.98 Å². The van der Waals surface area contributed by atoms with E-state index in [1.54, 1.807) is 26.2 Å². The van der Waals surface area contributed by atoms with Crippen LogP contribution in [0.1, 0.15) is 20.3 Å². The second-order valence-corrected chi connectivity index (χ2v) is 4.42. The molecule has 0 amide bonds. The van der Waals surface area contributed by atoms with Gasteiger partial charge in [-0.05, 0) is 26.3 Å². The van der Waals surface area contributed by atoms with Crippen LogP contribution < -0.4 is 10.6 Å². The van der Waals surface area contributed by atoms with Gasteiger partial charge < -0.3 is 15.7 Å². The third kappa shape index (κ3) is 3.75. The fourth-order valence-electron chi connectivity index (χ4n) is 1.31. The molecule has 0 aromatic carbocycles. The minimum atomic E-state index is -0.643. The highest BCUT2D eigenvalue weighted by Crippen LogP contribution is 2.21. The van der Waals surface area contributed by atoms with Crippen molar-refractivity contribution in [3.05, 3.63) is 18.5 Å². The van der Waals surface area contributed by atoms with Gasteiger partial charge in [-0.25, -0.2) is 0 Å². The Hall–Kier alpha value is -1.29. The van der Waals surface area contributed by atoms with Gasteiger partial charge in [0, 0.05) is 19.8 Å². The van der Waals surface area contributed by atoms with Gasteiger partial charge in [-0.2, -0.15) is 0 Å². The van der Waals surface area contributed by atoms with Gasteiger partial charge in [-0.15, -0.1) is 0 Å². The molecule has 1 rings (SSSR count). The Labute approximate surface area is 90.7 Å². The largest absolute Gasteiger partial charge is 0.396 e. The van der Waals surface area contributed by atoms with E-state index in [-0.39, 0.29) is 0 Å². The molecule has 0 spiro atoms. The highest BCUT2D eigenvalue weighted by molar-refractivity contribution is 5.65. The van der Waals surface area contributed by atoms with Gasteiger partial charge in [0.05, 0.1) is 23.2 Å². The van der Waals surface area contributed by atoms with E-state index in [0.29, 0.717) is 12.1 Å². The lowest BCUT2D eigenvalue weighted by atomic mass is 10.1. The summed E-state index contributed by atoms with van der Waals surface area (Å²) in [4.78, 5) is 5.96. The first-order valence-electron chi connectivity index (χ1n) is 5.03. The fraction of sp³-hybridized carbons (Fsp3) is 0.545. The summed E-state index contributed by atoms with van der Waals surface area (Å²) < 4.78 is 0. The number of nitrogen functional groups attached to an aromatic ring is 1. The standard InChI is InChI=1S/C11H19N3O/c1-11(2,15)5-7-14(3)10-4-6-13-8-9(10)12/h4,6,8,15H,5,7,12H2,1-3H3. The summed E-state index contributed by atoms with van der Waals surface area (Å²) in [7, 11) is 1.96. The van der Waals surface area contributed by atoms with Gasteiger partial charge in [0.25, 0.3) is 0 Å². The summed E-state index contributed by atoms with van der Waals surface area (Å²) >= 11 is 0. The van der Waals surface area contributed by atoms with Crippen LogP contribution in [0.4, 0.5) is 11.4 Å². The Balaban J connectivity index is 2.62. The monoisotopic (exact) mass is 209 g/mol. The molecule has 4 heteroatoms. The lowest BCUT2D eigenvalue weighted by Gasteiger charge is -2.25. The van der Waals surface area contributed by atoms with Crippen LogP contribution in [-0.4, -0.2) is 29.3 Å². The normalized spacial score (nSPS) is 11.5. The molecule has 3 N–H and O–H groups in total. The zero-order chi connectivity index (χ0) is 11.5. The molecule has 0 aliphatic carbocycles. The molecule has 15 heavy (non-hydrogen) atoms. The third-order valence-corrected chi connectivity index (χ3v) is 2.30. The van der Waals surface area contributed by atoms with Gasteiger partial charge in [0.2, 0.25) is 0 Å². The summed E-state index contributed by atoms with van der Waals surface area (Å²) in [5.74, 6) is 0. The van der Waals surface area contributed by atoms with Crippen molar-refractivity contribution in [2.24, 2.45) is 0 Å². The van der Waals surface area contributed by atoms with Gasteiger partial charge in [0.1, 0.15) is 0 Å². The average molecular weight is 209 g/mol. The zero-order valence-electron chi connectivity index (χ0n) is 9.57. The van der Waals surface area contributed by atoms with E-state index in [2.05, 4.69) is 4.98 Å². The highest BCUT2D eigenvalue weighted by atomic mass is 16.3. The van der Waals surface area contributed by atoms with E-state index in [1.165, 1.54) is 0 Å². The molecule has 0 saturated heterocycles. The Kier molecular flexibility index (Phi) is 3.52. The predicted molar refractivity (Wildman–Crippen MR) is 62.8 cm³/mol. The molecule has 0 atom stereocenters. The van der Waals surface area contributed by atoms with E-state index in [4.69, 9.17) is 5.73 Å². The highest BCUT2D eigenvalue weighted by Gasteiger charge is 2.14. The SMILES string of the molecule is CN(CCC(C)(C)O)c1ccncc1N. The first-order chi connectivity index (χ1) is 6.90. The lowest BCUT2D eigenvalue weighted by Crippen LogP contribution is -2.28. The Morgan fingerprint density at radius 3 is 2.73 bits per heavy atom. The molecule has 1 heterocycles. The number of rotatable bonds is 4. The van der Waals surface area contributed by atoms with Crippen LogP contribution in [0.3, 0.4) is 0 Å². The molecule has 0 aliphatic heterocycles. The van der Waals surface area contributed by atoms with Gasteiger partial charge in [-0.3, -0.25) is 4.98 Å². The van der Waals surface area contributed by atoms with Crippen molar-refractivity contribution in [3.63, 3.8) is 0 Å². The molecule has 0 bridgehead atoms. The van der Waals surface area contributed by atoms with Crippen molar-refractivity contribution < 1.29 is 5.11 Å². The summed E-state index contributed by atoms with van der Waals surface area (Å²) in [5, 5.41) is 9.61. The zero-order valence-corrected chi connectivity index (χ0v) is 9.57.